The van der Waals surface area contributed by atoms with Crippen LogP contribution >= 0.6 is 11.8 Å². The highest BCUT2D eigenvalue weighted by Crippen LogP contribution is 2.30. The molecule has 2 heterocycles. The van der Waals surface area contributed by atoms with Crippen LogP contribution in [-0.4, -0.2) is 123 Å². The number of carbonyl (C=O) groups excluding carboxylic acids is 3. The molecule has 15 nitrogen and oxygen atoms in total. The summed E-state index contributed by atoms with van der Waals surface area (Å²) in [5, 5.41) is 60.7. The standard InChI is InChI=1S/C59H61N5O10S/c1-3-5-7-9-11-13-15-17-18-19-20-21-22-23-24-25-26-27-29-31-33-35-38-42-52(66)62-48(54(68)49(65)41-37-34-32-30-28-16-14-12-10-8-6-4-2)46-73-59-57(71)56(70)55(69)50(74-59)47-75-51-45-53(67)64(58(51)72)44-40-36-39-43-61-63-60/h45,48-50,54-57,59,65,68-71H,4,6,8,10,12,14,16,28,30,32,34,36-37,39-41,43-44,46-47H2,1-2H3,(H,62,66)/t48-,49+,50?,54-,55-,56-,57?,59-/m0/s1. The molecule has 0 aliphatic carbocycles. The first-order chi connectivity index (χ1) is 36.5. The van der Waals surface area contributed by atoms with E-state index in [1.165, 1.54) is 51.0 Å². The Morgan fingerprint density at radius 3 is 1.69 bits per heavy atom. The molecule has 2 aliphatic rings. The van der Waals surface area contributed by atoms with Crippen LogP contribution < -0.4 is 5.32 Å². The van der Waals surface area contributed by atoms with Crippen molar-refractivity contribution in [3.05, 3.63) is 21.4 Å². The van der Waals surface area contributed by atoms with Gasteiger partial charge in [0.25, 0.3) is 17.7 Å². The third-order valence-corrected chi connectivity index (χ3v) is 11.9. The van der Waals surface area contributed by atoms with E-state index in [4.69, 9.17) is 15.0 Å². The maximum absolute atomic E-state index is 13.0. The molecule has 2 aliphatic heterocycles. The van der Waals surface area contributed by atoms with E-state index in [1.54, 1.807) is 6.92 Å². The first-order valence-corrected chi connectivity index (χ1v) is 25.7. The highest BCUT2D eigenvalue weighted by Gasteiger charge is 2.45. The predicted molar refractivity (Wildman–Crippen MR) is 286 cm³/mol. The summed E-state index contributed by atoms with van der Waals surface area (Å²) in [6.45, 7) is 3.80. The van der Waals surface area contributed by atoms with E-state index in [0.29, 0.717) is 32.2 Å². The average Bonchev–Trinajstić information content (AvgIpc) is 3.68. The third kappa shape index (κ3) is 29.1. The summed E-state index contributed by atoms with van der Waals surface area (Å²) in [6.07, 6.45) is 5.65. The van der Waals surface area contributed by atoms with Crippen LogP contribution in [0.4, 0.5) is 0 Å². The Morgan fingerprint density at radius 1 is 0.707 bits per heavy atom. The van der Waals surface area contributed by atoms with Gasteiger partial charge in [-0.25, -0.2) is 0 Å². The molecule has 8 atom stereocenters. The van der Waals surface area contributed by atoms with Crippen LogP contribution in [0.25, 0.3) is 10.4 Å². The number of hydrogen-bond acceptors (Lipinski definition) is 12. The lowest BCUT2D eigenvalue weighted by atomic mass is 9.98. The second-order valence-corrected chi connectivity index (χ2v) is 17.5. The fraction of sp³-hybridized carbons (Fsp3) is 0.508. The van der Waals surface area contributed by atoms with Gasteiger partial charge in [-0.3, -0.25) is 19.3 Å². The summed E-state index contributed by atoms with van der Waals surface area (Å²) >= 11 is 0.913. The minimum Gasteiger partial charge on any atom is -0.390 e. The Kier molecular flexibility index (Phi) is 35.5. The lowest BCUT2D eigenvalue weighted by Gasteiger charge is -2.41. The number of nitrogens with zero attached hydrogens (tertiary/aromatic N) is 4. The van der Waals surface area contributed by atoms with E-state index in [9.17, 15) is 39.9 Å². The van der Waals surface area contributed by atoms with Gasteiger partial charge < -0.3 is 40.3 Å². The van der Waals surface area contributed by atoms with Gasteiger partial charge in [-0.1, -0.05) is 101 Å². The zero-order valence-electron chi connectivity index (χ0n) is 42.3. The Morgan fingerprint density at radius 2 is 1.19 bits per heavy atom. The average molecular weight is 1030 g/mol. The first kappa shape index (κ1) is 63.6. The number of ether oxygens (including phenoxy) is 2. The molecule has 16 heteroatoms. The number of hydrogen-bond donors (Lipinski definition) is 6. The second kappa shape index (κ2) is 41.9. The van der Waals surface area contributed by atoms with Gasteiger partial charge in [0.1, 0.15) is 24.4 Å². The van der Waals surface area contributed by atoms with Crippen LogP contribution in [-0.2, 0) is 23.9 Å². The number of aliphatic hydroxyl groups excluding tert-OH is 5. The van der Waals surface area contributed by atoms with Crippen LogP contribution in [0, 0.1) is 142 Å². The molecule has 2 rings (SSSR count). The molecule has 0 bridgehead atoms. The SMILES string of the molecule is CC#CC#CC#CC#CC#CC#CC#CC#CC#CC#CC#CC#CC(=O)N[C@@H](CO[C@H]1OC(CSC2=CC(=O)N(CCCCCN=[N+]=[N-])C2=O)[C@H](O)[C@H](O)C1O)[C@H](O)[C@H](O)CCCCCCCCCCCCCC. The van der Waals surface area contributed by atoms with Crippen molar-refractivity contribution in [2.75, 3.05) is 25.4 Å². The predicted octanol–water partition coefficient (Wildman–Crippen LogP) is 3.64. The molecule has 0 aromatic heterocycles. The van der Waals surface area contributed by atoms with Crippen molar-refractivity contribution in [1.82, 2.24) is 10.2 Å². The van der Waals surface area contributed by atoms with E-state index < -0.39 is 73.3 Å². The largest absolute Gasteiger partial charge is 0.390 e. The Hall–Kier alpha value is -7.55. The summed E-state index contributed by atoms with van der Waals surface area (Å²) in [5.41, 5.74) is 8.43. The Bertz CT molecular complexity index is 2810. The summed E-state index contributed by atoms with van der Waals surface area (Å²) in [7, 11) is 0. The lowest BCUT2D eigenvalue weighted by molar-refractivity contribution is -0.294. The number of unbranched alkanes of at least 4 members (excludes halogenated alkanes) is 13. The molecule has 0 radical (unpaired) electrons. The summed E-state index contributed by atoms with van der Waals surface area (Å²) in [4.78, 5) is 42.5. The molecule has 388 valence electrons. The van der Waals surface area contributed by atoms with Gasteiger partial charge in [-0.15, -0.1) is 11.8 Å². The summed E-state index contributed by atoms with van der Waals surface area (Å²) in [6, 6.07) is -1.30. The fourth-order valence-electron chi connectivity index (χ4n) is 6.88. The number of nitrogens with one attached hydrogen (secondary N) is 1. The minimum atomic E-state index is -1.78. The number of rotatable bonds is 28. The van der Waals surface area contributed by atoms with Crippen molar-refractivity contribution < 1.29 is 49.4 Å². The van der Waals surface area contributed by atoms with Gasteiger partial charge in [-0.05, 0) is 126 Å². The number of amides is 3. The number of aliphatic hydroxyl groups is 5. The fourth-order valence-corrected chi connectivity index (χ4v) is 7.91. The molecule has 3 amide bonds. The number of azide groups is 1. The maximum atomic E-state index is 13.0. The molecule has 6 N–H and O–H groups in total. The summed E-state index contributed by atoms with van der Waals surface area (Å²) < 4.78 is 11.6. The molecule has 0 saturated carbocycles. The molecule has 0 spiro atoms. The van der Waals surface area contributed by atoms with Crippen LogP contribution in [0.3, 0.4) is 0 Å². The molecule has 1 fully saturated rings. The smallest absolute Gasteiger partial charge is 0.297 e. The highest BCUT2D eigenvalue weighted by atomic mass is 32.2. The van der Waals surface area contributed by atoms with Crippen molar-refractivity contribution in [1.29, 1.82) is 0 Å². The van der Waals surface area contributed by atoms with Gasteiger partial charge >= 0.3 is 0 Å². The van der Waals surface area contributed by atoms with Crippen molar-refractivity contribution in [3.8, 4) is 142 Å². The molecular formula is C59H61N5O10S. The van der Waals surface area contributed by atoms with Crippen molar-refractivity contribution in [2.24, 2.45) is 5.11 Å². The van der Waals surface area contributed by atoms with Crippen molar-refractivity contribution in [3.63, 3.8) is 0 Å². The van der Waals surface area contributed by atoms with Crippen LogP contribution in [0.15, 0.2) is 16.1 Å². The quantitative estimate of drug-likeness (QED) is 0.0165. The number of thioether (sulfide) groups is 1. The van der Waals surface area contributed by atoms with Gasteiger partial charge in [-0.2, -0.15) is 0 Å². The highest BCUT2D eigenvalue weighted by molar-refractivity contribution is 8.04. The Balaban J connectivity index is 2.05. The van der Waals surface area contributed by atoms with E-state index in [2.05, 4.69) is 164 Å². The first-order valence-electron chi connectivity index (χ1n) is 24.7. The van der Waals surface area contributed by atoms with Crippen LogP contribution in [0.5, 0.6) is 0 Å². The van der Waals surface area contributed by atoms with E-state index in [0.717, 1.165) is 42.3 Å². The van der Waals surface area contributed by atoms with Gasteiger partial charge in [0.15, 0.2) is 6.29 Å². The zero-order valence-corrected chi connectivity index (χ0v) is 43.1. The van der Waals surface area contributed by atoms with Gasteiger partial charge in [0.2, 0.25) is 0 Å². The maximum Gasteiger partial charge on any atom is 0.297 e. The molecule has 1 saturated heterocycles. The normalized spacial score (nSPS) is 17.5. The Labute approximate surface area is 446 Å². The monoisotopic (exact) mass is 1030 g/mol. The molecule has 2 unspecified atom stereocenters. The van der Waals surface area contributed by atoms with E-state index in [1.807, 2.05) is 0 Å². The number of imide groups is 1. The summed E-state index contributed by atoms with van der Waals surface area (Å²) in [5.74, 6) is 57.3. The second-order valence-electron chi connectivity index (χ2n) is 16.4. The third-order valence-electron chi connectivity index (χ3n) is 10.8. The van der Waals surface area contributed by atoms with E-state index >= 15 is 0 Å². The zero-order chi connectivity index (χ0) is 54.6. The van der Waals surface area contributed by atoms with Crippen molar-refractivity contribution in [2.45, 2.75) is 166 Å². The van der Waals surface area contributed by atoms with Gasteiger partial charge in [0, 0.05) is 71.3 Å². The minimum absolute atomic E-state index is 0.0910. The molecule has 0 aromatic rings. The topological polar surface area (TPSA) is 235 Å². The van der Waals surface area contributed by atoms with E-state index in [-0.39, 0.29) is 23.6 Å². The van der Waals surface area contributed by atoms with Crippen LogP contribution in [0.1, 0.15) is 117 Å². The van der Waals surface area contributed by atoms with Crippen LogP contribution in [0.2, 0.25) is 0 Å². The molecule has 75 heavy (non-hydrogen) atoms. The molecular weight excluding hydrogens is 971 g/mol. The van der Waals surface area contributed by atoms with Gasteiger partial charge in [0.05, 0.1) is 29.8 Å². The lowest BCUT2D eigenvalue weighted by Crippen LogP contribution is -2.60. The number of carbonyl (C=O) groups is 3. The molecule has 0 aromatic carbocycles. The van der Waals surface area contributed by atoms with Crippen molar-refractivity contribution >= 4 is 29.5 Å².